The number of thiophene rings is 1. The van der Waals surface area contributed by atoms with Gasteiger partial charge in [0.2, 0.25) is 0 Å². The molecule has 3 N–H and O–H groups in total. The van der Waals surface area contributed by atoms with Crippen molar-refractivity contribution in [3.63, 3.8) is 0 Å². The van der Waals surface area contributed by atoms with Gasteiger partial charge in [0, 0.05) is 19.3 Å². The summed E-state index contributed by atoms with van der Waals surface area (Å²) in [4.78, 5) is 16.8. The van der Waals surface area contributed by atoms with Crippen molar-refractivity contribution in [3.8, 4) is 0 Å². The number of aromatic nitrogens is 1. The van der Waals surface area contributed by atoms with Crippen molar-refractivity contribution < 1.29 is 9.53 Å². The van der Waals surface area contributed by atoms with Gasteiger partial charge in [-0.2, -0.15) is 0 Å². The first-order valence-corrected chi connectivity index (χ1v) is 6.98. The number of hydrogen-bond donors (Lipinski definition) is 2. The molecule has 0 saturated carbocycles. The highest BCUT2D eigenvalue weighted by Crippen LogP contribution is 2.31. The van der Waals surface area contributed by atoms with Crippen molar-refractivity contribution in [1.29, 1.82) is 0 Å². The molecule has 0 aliphatic heterocycles. The van der Waals surface area contributed by atoms with Crippen LogP contribution in [0.3, 0.4) is 0 Å². The average molecular weight is 279 g/mol. The van der Waals surface area contributed by atoms with Crippen LogP contribution in [0.2, 0.25) is 0 Å². The third-order valence-electron chi connectivity index (χ3n) is 2.69. The Morgan fingerprint density at radius 2 is 2.42 bits per heavy atom. The van der Waals surface area contributed by atoms with Crippen LogP contribution in [0.25, 0.3) is 10.2 Å². The quantitative estimate of drug-likeness (QED) is 0.878. The fraction of sp³-hybridized carbons (Fsp3) is 0.385. The van der Waals surface area contributed by atoms with Gasteiger partial charge in [-0.1, -0.05) is 0 Å². The lowest BCUT2D eigenvalue weighted by Gasteiger charge is -2.12. The number of carbonyl (C=O) groups is 1. The molecule has 0 bridgehead atoms. The fourth-order valence-corrected chi connectivity index (χ4v) is 2.77. The molecule has 0 aliphatic carbocycles. The number of amides is 1. The molecule has 102 valence electrons. The molecule has 0 spiro atoms. The standard InChI is InChI=1S/C13H17N3O2S/c1-3-18-8(2)7-16-13(17)12-10(14)11-9(19-12)5-4-6-15-11/h4-6,8H,3,7,14H2,1-2H3,(H,16,17). The van der Waals surface area contributed by atoms with E-state index in [9.17, 15) is 4.79 Å². The van der Waals surface area contributed by atoms with Crippen molar-refractivity contribution in [3.05, 3.63) is 23.2 Å². The largest absolute Gasteiger partial charge is 0.396 e. The minimum atomic E-state index is -0.174. The molecule has 1 amide bonds. The van der Waals surface area contributed by atoms with E-state index in [2.05, 4.69) is 10.3 Å². The Morgan fingerprint density at radius 1 is 1.63 bits per heavy atom. The maximum Gasteiger partial charge on any atom is 0.263 e. The second kappa shape index (κ2) is 5.99. The van der Waals surface area contributed by atoms with E-state index in [1.807, 2.05) is 26.0 Å². The van der Waals surface area contributed by atoms with Crippen LogP contribution >= 0.6 is 11.3 Å². The van der Waals surface area contributed by atoms with E-state index in [-0.39, 0.29) is 12.0 Å². The summed E-state index contributed by atoms with van der Waals surface area (Å²) in [6.07, 6.45) is 1.66. The zero-order chi connectivity index (χ0) is 13.8. The number of hydrogen-bond acceptors (Lipinski definition) is 5. The molecule has 0 radical (unpaired) electrons. The van der Waals surface area contributed by atoms with E-state index in [1.54, 1.807) is 6.20 Å². The normalized spacial score (nSPS) is 12.5. The van der Waals surface area contributed by atoms with Crippen molar-refractivity contribution in [2.75, 3.05) is 18.9 Å². The molecule has 1 unspecified atom stereocenters. The molecule has 0 aliphatic rings. The summed E-state index contributed by atoms with van der Waals surface area (Å²) >= 11 is 1.36. The predicted molar refractivity (Wildman–Crippen MR) is 77.5 cm³/mol. The summed E-state index contributed by atoms with van der Waals surface area (Å²) in [5.41, 5.74) is 7.10. The molecule has 2 rings (SSSR count). The van der Waals surface area contributed by atoms with Gasteiger partial charge >= 0.3 is 0 Å². The summed E-state index contributed by atoms with van der Waals surface area (Å²) in [6, 6.07) is 3.74. The summed E-state index contributed by atoms with van der Waals surface area (Å²) in [7, 11) is 0. The van der Waals surface area contributed by atoms with Crippen LogP contribution in [0.15, 0.2) is 18.3 Å². The van der Waals surface area contributed by atoms with E-state index in [1.165, 1.54) is 11.3 Å². The number of pyridine rings is 1. The third-order valence-corrected chi connectivity index (χ3v) is 3.85. The minimum Gasteiger partial charge on any atom is -0.396 e. The number of nitrogen functional groups attached to an aromatic ring is 1. The van der Waals surface area contributed by atoms with Crippen LogP contribution in [0, 0.1) is 0 Å². The second-order valence-corrected chi connectivity index (χ2v) is 5.22. The molecule has 0 aromatic carbocycles. The Labute approximate surface area is 115 Å². The summed E-state index contributed by atoms with van der Waals surface area (Å²) in [5.74, 6) is -0.174. The molecular formula is C13H17N3O2S. The van der Waals surface area contributed by atoms with E-state index in [4.69, 9.17) is 10.5 Å². The van der Waals surface area contributed by atoms with Gasteiger partial charge in [-0.25, -0.2) is 0 Å². The fourth-order valence-electron chi connectivity index (χ4n) is 1.78. The molecule has 0 saturated heterocycles. The van der Waals surface area contributed by atoms with Gasteiger partial charge in [0.05, 0.1) is 16.5 Å². The number of ether oxygens (including phenoxy) is 1. The highest BCUT2D eigenvalue weighted by atomic mass is 32.1. The predicted octanol–water partition coefficient (Wildman–Crippen LogP) is 2.03. The number of nitrogens with zero attached hydrogens (tertiary/aromatic N) is 1. The van der Waals surface area contributed by atoms with E-state index >= 15 is 0 Å². The van der Waals surface area contributed by atoms with Crippen LogP contribution in [0.4, 0.5) is 5.69 Å². The lowest BCUT2D eigenvalue weighted by atomic mass is 10.3. The first-order valence-electron chi connectivity index (χ1n) is 6.16. The number of anilines is 1. The van der Waals surface area contributed by atoms with Crippen LogP contribution < -0.4 is 11.1 Å². The molecule has 19 heavy (non-hydrogen) atoms. The Kier molecular flexibility index (Phi) is 4.34. The Hall–Kier alpha value is -1.66. The van der Waals surface area contributed by atoms with Crippen molar-refractivity contribution in [1.82, 2.24) is 10.3 Å². The smallest absolute Gasteiger partial charge is 0.263 e. The number of nitrogens with one attached hydrogen (secondary N) is 1. The zero-order valence-electron chi connectivity index (χ0n) is 11.0. The lowest BCUT2D eigenvalue weighted by molar-refractivity contribution is 0.0697. The molecule has 1 atom stereocenters. The van der Waals surface area contributed by atoms with Gasteiger partial charge in [0.15, 0.2) is 0 Å². The topological polar surface area (TPSA) is 77.2 Å². The molecule has 2 aromatic heterocycles. The highest BCUT2D eigenvalue weighted by Gasteiger charge is 2.17. The maximum atomic E-state index is 12.1. The van der Waals surface area contributed by atoms with Gasteiger partial charge in [0.1, 0.15) is 10.4 Å². The third kappa shape index (κ3) is 3.02. The number of carbonyl (C=O) groups excluding carboxylic acids is 1. The first-order chi connectivity index (χ1) is 9.13. The Morgan fingerprint density at radius 3 is 3.11 bits per heavy atom. The maximum absolute atomic E-state index is 12.1. The number of fused-ring (bicyclic) bond motifs is 1. The number of nitrogens with two attached hydrogens (primary N) is 1. The van der Waals surface area contributed by atoms with Crippen molar-refractivity contribution in [2.45, 2.75) is 20.0 Å². The van der Waals surface area contributed by atoms with E-state index < -0.39 is 0 Å². The molecule has 5 nitrogen and oxygen atoms in total. The van der Waals surface area contributed by atoms with Crippen LogP contribution in [-0.4, -0.2) is 30.1 Å². The minimum absolute atomic E-state index is 0.0114. The molecule has 2 aromatic rings. The van der Waals surface area contributed by atoms with Crippen LogP contribution in [0.5, 0.6) is 0 Å². The van der Waals surface area contributed by atoms with Gasteiger partial charge in [0.25, 0.3) is 5.91 Å². The molecule has 0 fully saturated rings. The van der Waals surface area contributed by atoms with E-state index in [0.29, 0.717) is 29.2 Å². The summed E-state index contributed by atoms with van der Waals surface area (Å²) in [5, 5.41) is 2.82. The second-order valence-electron chi connectivity index (χ2n) is 4.17. The van der Waals surface area contributed by atoms with Gasteiger partial charge < -0.3 is 15.8 Å². The lowest BCUT2D eigenvalue weighted by Crippen LogP contribution is -2.32. The van der Waals surface area contributed by atoms with Crippen LogP contribution in [0.1, 0.15) is 23.5 Å². The number of rotatable bonds is 5. The Balaban J connectivity index is 2.11. The average Bonchev–Trinajstić information content (AvgIpc) is 2.74. The molecular weight excluding hydrogens is 262 g/mol. The van der Waals surface area contributed by atoms with Crippen LogP contribution in [-0.2, 0) is 4.74 Å². The molecule has 2 heterocycles. The van der Waals surface area contributed by atoms with Crippen molar-refractivity contribution in [2.24, 2.45) is 0 Å². The van der Waals surface area contributed by atoms with E-state index in [0.717, 1.165) is 4.70 Å². The Bertz CT molecular complexity index is 582. The van der Waals surface area contributed by atoms with Gasteiger partial charge in [-0.05, 0) is 26.0 Å². The first kappa shape index (κ1) is 13.8. The SMILES string of the molecule is CCOC(C)CNC(=O)c1sc2cccnc2c1N. The van der Waals surface area contributed by atoms with Crippen molar-refractivity contribution >= 4 is 33.1 Å². The zero-order valence-corrected chi connectivity index (χ0v) is 11.8. The summed E-state index contributed by atoms with van der Waals surface area (Å²) in [6.45, 7) is 4.94. The summed E-state index contributed by atoms with van der Waals surface area (Å²) < 4.78 is 6.28. The van der Waals surface area contributed by atoms with Gasteiger partial charge in [-0.15, -0.1) is 11.3 Å². The molecule has 6 heteroatoms. The highest BCUT2D eigenvalue weighted by molar-refractivity contribution is 7.21. The van der Waals surface area contributed by atoms with Gasteiger partial charge in [-0.3, -0.25) is 9.78 Å². The monoisotopic (exact) mass is 279 g/mol.